The standard InChI is InChI=1S/C28H42O5/c1-5-26(3)15-23(31)27(4)21(16-29)11-13-28(14-12-22(30)24(27)28)19(2)25(26)33-18-32-17-20-9-7-6-8-10-20/h6-10,19,21,23-25,29,31H,5,11-18H2,1-4H3/t19-,21-,23+,24?,25-,26+,27-,28-/m0/s1. The lowest BCUT2D eigenvalue weighted by Gasteiger charge is -2.62. The number of benzene rings is 1. The minimum Gasteiger partial charge on any atom is -0.396 e. The molecule has 4 rings (SSSR count). The van der Waals surface area contributed by atoms with Crippen LogP contribution in [-0.4, -0.2) is 41.6 Å². The maximum absolute atomic E-state index is 13.3. The van der Waals surface area contributed by atoms with E-state index in [4.69, 9.17) is 9.47 Å². The van der Waals surface area contributed by atoms with Crippen LogP contribution in [0.1, 0.15) is 71.8 Å². The second kappa shape index (κ2) is 9.41. The number of Topliss-reactive ketones (excluding diaryl/α,β-unsaturated/α-hetero) is 1. The number of ketones is 1. The van der Waals surface area contributed by atoms with Crippen molar-refractivity contribution in [2.75, 3.05) is 13.4 Å². The number of rotatable bonds is 7. The van der Waals surface area contributed by atoms with Gasteiger partial charge in [-0.25, -0.2) is 0 Å². The van der Waals surface area contributed by atoms with Gasteiger partial charge in [-0.3, -0.25) is 4.79 Å². The molecule has 0 spiro atoms. The molecule has 5 heteroatoms. The van der Waals surface area contributed by atoms with Crippen LogP contribution in [0.4, 0.5) is 0 Å². The van der Waals surface area contributed by atoms with Gasteiger partial charge < -0.3 is 19.7 Å². The Morgan fingerprint density at radius 3 is 2.55 bits per heavy atom. The van der Waals surface area contributed by atoms with E-state index >= 15 is 0 Å². The molecule has 5 nitrogen and oxygen atoms in total. The average Bonchev–Trinajstić information content (AvgIpc) is 3.17. The molecule has 1 unspecified atom stereocenters. The van der Waals surface area contributed by atoms with Gasteiger partial charge in [0.2, 0.25) is 0 Å². The fraction of sp³-hybridized carbons (Fsp3) is 0.750. The smallest absolute Gasteiger partial charge is 0.147 e. The van der Waals surface area contributed by atoms with Gasteiger partial charge >= 0.3 is 0 Å². The third-order valence-corrected chi connectivity index (χ3v) is 10.1. The first-order chi connectivity index (χ1) is 15.7. The van der Waals surface area contributed by atoms with E-state index in [0.717, 1.165) is 31.2 Å². The predicted molar refractivity (Wildman–Crippen MR) is 127 cm³/mol. The van der Waals surface area contributed by atoms with Crippen molar-refractivity contribution >= 4 is 5.78 Å². The Labute approximate surface area is 198 Å². The Morgan fingerprint density at radius 1 is 1.15 bits per heavy atom. The monoisotopic (exact) mass is 458 g/mol. The second-order valence-electron chi connectivity index (χ2n) is 11.5. The molecule has 8 atom stereocenters. The molecule has 0 aromatic heterocycles. The van der Waals surface area contributed by atoms with Crippen LogP contribution in [0, 0.1) is 34.0 Å². The number of carbonyl (C=O) groups is 1. The van der Waals surface area contributed by atoms with Crippen molar-refractivity contribution in [3.63, 3.8) is 0 Å². The third kappa shape index (κ3) is 3.99. The van der Waals surface area contributed by atoms with Crippen LogP contribution in [0.3, 0.4) is 0 Å². The van der Waals surface area contributed by atoms with Gasteiger partial charge in [-0.1, -0.05) is 58.0 Å². The average molecular weight is 459 g/mol. The van der Waals surface area contributed by atoms with Crippen LogP contribution < -0.4 is 0 Å². The van der Waals surface area contributed by atoms with E-state index in [9.17, 15) is 15.0 Å². The van der Waals surface area contributed by atoms with Crippen LogP contribution in [-0.2, 0) is 20.9 Å². The SMILES string of the molecule is CC[C@]1(C)C[C@@H](O)[C@@]2(C)C3C(=O)CC[C@@]3(CC[C@H]2CO)[C@@H](C)[C@@H]1OCOCc1ccccc1. The molecule has 0 saturated heterocycles. The van der Waals surface area contributed by atoms with Gasteiger partial charge in [-0.05, 0) is 60.3 Å². The van der Waals surface area contributed by atoms with Crippen molar-refractivity contribution in [3.8, 4) is 0 Å². The number of aliphatic hydroxyl groups is 2. The molecule has 0 aliphatic heterocycles. The van der Waals surface area contributed by atoms with Crippen molar-refractivity contribution in [2.24, 2.45) is 34.0 Å². The third-order valence-electron chi connectivity index (χ3n) is 10.1. The van der Waals surface area contributed by atoms with Crippen LogP contribution >= 0.6 is 0 Å². The highest BCUT2D eigenvalue weighted by Gasteiger charge is 2.68. The van der Waals surface area contributed by atoms with Crippen molar-refractivity contribution < 1.29 is 24.5 Å². The molecule has 2 bridgehead atoms. The summed E-state index contributed by atoms with van der Waals surface area (Å²) in [6, 6.07) is 10.1. The second-order valence-corrected chi connectivity index (χ2v) is 11.5. The number of aliphatic hydroxyl groups excluding tert-OH is 2. The largest absolute Gasteiger partial charge is 0.396 e. The summed E-state index contributed by atoms with van der Waals surface area (Å²) in [6.07, 6.45) is 3.82. The minimum atomic E-state index is -0.657. The molecule has 1 aromatic carbocycles. The molecule has 3 aliphatic carbocycles. The van der Waals surface area contributed by atoms with E-state index in [1.807, 2.05) is 30.3 Å². The number of ether oxygens (including phenoxy) is 2. The van der Waals surface area contributed by atoms with Crippen LogP contribution in [0.15, 0.2) is 30.3 Å². The Morgan fingerprint density at radius 2 is 1.88 bits per heavy atom. The van der Waals surface area contributed by atoms with Crippen LogP contribution in [0.5, 0.6) is 0 Å². The van der Waals surface area contributed by atoms with Gasteiger partial charge in [-0.15, -0.1) is 0 Å². The van der Waals surface area contributed by atoms with E-state index in [2.05, 4.69) is 27.7 Å². The van der Waals surface area contributed by atoms with E-state index in [0.29, 0.717) is 19.4 Å². The van der Waals surface area contributed by atoms with Gasteiger partial charge in [0, 0.05) is 24.4 Å². The first kappa shape index (κ1) is 24.8. The molecule has 1 aromatic rings. The summed E-state index contributed by atoms with van der Waals surface area (Å²) in [4.78, 5) is 13.3. The summed E-state index contributed by atoms with van der Waals surface area (Å²) in [5.41, 5.74) is 0.0648. The molecule has 2 N–H and O–H groups in total. The van der Waals surface area contributed by atoms with Crippen LogP contribution in [0.25, 0.3) is 0 Å². The molecule has 0 amide bonds. The highest BCUT2D eigenvalue weighted by Crippen LogP contribution is 2.68. The van der Waals surface area contributed by atoms with Gasteiger partial charge in [-0.2, -0.15) is 0 Å². The maximum Gasteiger partial charge on any atom is 0.147 e. The summed E-state index contributed by atoms with van der Waals surface area (Å²) in [6.45, 7) is 9.44. The zero-order valence-electron chi connectivity index (χ0n) is 20.8. The molecule has 0 heterocycles. The summed E-state index contributed by atoms with van der Waals surface area (Å²) in [5.74, 6) is 0.151. The Bertz CT molecular complexity index is 827. The molecular weight excluding hydrogens is 416 g/mol. The maximum atomic E-state index is 13.3. The topological polar surface area (TPSA) is 76.0 Å². The van der Waals surface area contributed by atoms with Gasteiger partial charge in [0.25, 0.3) is 0 Å². The van der Waals surface area contributed by atoms with E-state index in [1.54, 1.807) is 0 Å². The lowest BCUT2D eigenvalue weighted by atomic mass is 9.43. The Balaban J connectivity index is 1.63. The first-order valence-electron chi connectivity index (χ1n) is 12.8. The molecular formula is C28H42O5. The summed E-state index contributed by atoms with van der Waals surface area (Å²) >= 11 is 0. The van der Waals surface area contributed by atoms with Gasteiger partial charge in [0.15, 0.2) is 0 Å². The zero-order chi connectivity index (χ0) is 23.9. The summed E-state index contributed by atoms with van der Waals surface area (Å²) in [5, 5.41) is 21.9. The zero-order valence-corrected chi connectivity index (χ0v) is 20.8. The lowest BCUT2D eigenvalue weighted by molar-refractivity contribution is -0.231. The predicted octanol–water partition coefficient (Wildman–Crippen LogP) is 4.74. The Kier molecular flexibility index (Phi) is 7.08. The molecule has 3 aliphatic rings. The van der Waals surface area contributed by atoms with Gasteiger partial charge in [0.05, 0.1) is 18.8 Å². The highest BCUT2D eigenvalue weighted by molar-refractivity contribution is 5.85. The Hall–Kier alpha value is -1.27. The van der Waals surface area contributed by atoms with Crippen molar-refractivity contribution in [3.05, 3.63) is 35.9 Å². The van der Waals surface area contributed by atoms with E-state index < -0.39 is 11.5 Å². The molecule has 33 heavy (non-hydrogen) atoms. The minimum absolute atomic E-state index is 0.0257. The van der Waals surface area contributed by atoms with Gasteiger partial charge in [0.1, 0.15) is 12.6 Å². The summed E-state index contributed by atoms with van der Waals surface area (Å²) in [7, 11) is 0. The fourth-order valence-electron chi connectivity index (χ4n) is 7.89. The molecule has 3 fully saturated rings. The normalized spacial score (nSPS) is 43.1. The molecule has 184 valence electrons. The lowest BCUT2D eigenvalue weighted by Crippen LogP contribution is -2.63. The highest BCUT2D eigenvalue weighted by atomic mass is 16.7. The quantitative estimate of drug-likeness (QED) is 0.456. The molecule has 3 saturated carbocycles. The van der Waals surface area contributed by atoms with E-state index in [1.165, 1.54) is 0 Å². The number of hydrogen-bond acceptors (Lipinski definition) is 5. The first-order valence-corrected chi connectivity index (χ1v) is 12.8. The van der Waals surface area contributed by atoms with Crippen molar-refractivity contribution in [1.82, 2.24) is 0 Å². The van der Waals surface area contributed by atoms with Crippen molar-refractivity contribution in [2.45, 2.75) is 85.0 Å². The number of carbonyl (C=O) groups excluding carboxylic acids is 1. The fourth-order valence-corrected chi connectivity index (χ4v) is 7.89. The van der Waals surface area contributed by atoms with E-state index in [-0.39, 0.29) is 53.9 Å². The van der Waals surface area contributed by atoms with Crippen molar-refractivity contribution in [1.29, 1.82) is 0 Å². The summed E-state index contributed by atoms with van der Waals surface area (Å²) < 4.78 is 12.4. The molecule has 0 radical (unpaired) electrons. The number of hydrogen-bond donors (Lipinski definition) is 2. The van der Waals surface area contributed by atoms with Crippen LogP contribution in [0.2, 0.25) is 0 Å².